The van der Waals surface area contributed by atoms with Gasteiger partial charge in [0.15, 0.2) is 0 Å². The first-order valence-electron chi connectivity index (χ1n) is 9.87. The molecule has 0 radical (unpaired) electrons. The minimum atomic E-state index is -3.76. The van der Waals surface area contributed by atoms with E-state index in [1.807, 2.05) is 12.3 Å². The van der Waals surface area contributed by atoms with Crippen molar-refractivity contribution < 1.29 is 13.2 Å². The Morgan fingerprint density at radius 2 is 1.80 bits per heavy atom. The summed E-state index contributed by atoms with van der Waals surface area (Å²) < 4.78 is 29.4. The minimum absolute atomic E-state index is 0.105. The van der Waals surface area contributed by atoms with Gasteiger partial charge >= 0.3 is 0 Å². The summed E-state index contributed by atoms with van der Waals surface area (Å²) in [6, 6.07) is 15.5. The fourth-order valence-corrected chi connectivity index (χ4v) is 5.00. The van der Waals surface area contributed by atoms with Crippen LogP contribution in [0.3, 0.4) is 0 Å². The largest absolute Gasteiger partial charge is 0.338 e. The number of amides is 1. The molecule has 30 heavy (non-hydrogen) atoms. The number of carbonyl (C=O) groups excluding carboxylic acids is 1. The van der Waals surface area contributed by atoms with Crippen LogP contribution in [-0.2, 0) is 10.0 Å². The lowest BCUT2D eigenvalue weighted by molar-refractivity contribution is 0.0694. The lowest BCUT2D eigenvalue weighted by atomic mass is 10.0. The molecule has 0 unspecified atom stereocenters. The van der Waals surface area contributed by atoms with Crippen molar-refractivity contribution in [3.05, 3.63) is 78.9 Å². The molecule has 0 aliphatic carbocycles. The SMILES string of the molecule is CN(c1ccccc1)S(=O)(=O)c1cccc(C(=O)N2CCC(n3ccnc3)CC2)c1. The van der Waals surface area contributed by atoms with E-state index < -0.39 is 10.0 Å². The Kier molecular flexibility index (Phi) is 5.59. The Bertz CT molecular complexity index is 1110. The summed E-state index contributed by atoms with van der Waals surface area (Å²) in [4.78, 5) is 19.0. The second kappa shape index (κ2) is 8.31. The normalized spacial score (nSPS) is 15.2. The van der Waals surface area contributed by atoms with Crippen molar-refractivity contribution in [1.82, 2.24) is 14.5 Å². The van der Waals surface area contributed by atoms with Crippen LogP contribution in [0.25, 0.3) is 0 Å². The summed E-state index contributed by atoms with van der Waals surface area (Å²) in [5, 5.41) is 0. The molecule has 0 atom stereocenters. The number of benzene rings is 2. The first kappa shape index (κ1) is 20.2. The second-order valence-corrected chi connectivity index (χ2v) is 9.34. The van der Waals surface area contributed by atoms with Gasteiger partial charge in [-0.25, -0.2) is 13.4 Å². The van der Waals surface area contributed by atoms with E-state index in [-0.39, 0.29) is 10.8 Å². The molecular weight excluding hydrogens is 400 g/mol. The van der Waals surface area contributed by atoms with E-state index in [9.17, 15) is 13.2 Å². The van der Waals surface area contributed by atoms with Crippen molar-refractivity contribution in [2.75, 3.05) is 24.4 Å². The number of aromatic nitrogens is 2. The molecule has 0 bridgehead atoms. The first-order valence-corrected chi connectivity index (χ1v) is 11.3. The number of imidazole rings is 1. The highest BCUT2D eigenvalue weighted by atomic mass is 32.2. The Labute approximate surface area is 176 Å². The van der Waals surface area contributed by atoms with Crippen molar-refractivity contribution >= 4 is 21.6 Å². The summed E-state index contributed by atoms with van der Waals surface area (Å²) in [6.07, 6.45) is 7.20. The van der Waals surface area contributed by atoms with Crippen LogP contribution in [0.5, 0.6) is 0 Å². The number of sulfonamides is 1. The third-order valence-electron chi connectivity index (χ3n) is 5.56. The van der Waals surface area contributed by atoms with Gasteiger partial charge < -0.3 is 9.47 Å². The fourth-order valence-electron chi connectivity index (χ4n) is 3.76. The molecule has 1 aromatic heterocycles. The average Bonchev–Trinajstić information content (AvgIpc) is 3.34. The van der Waals surface area contributed by atoms with Crippen LogP contribution in [-0.4, -0.2) is 48.9 Å². The summed E-state index contributed by atoms with van der Waals surface area (Å²) in [5.41, 5.74) is 0.953. The van der Waals surface area contributed by atoms with Crippen LogP contribution < -0.4 is 4.31 Å². The maximum atomic E-state index is 13.1. The zero-order valence-corrected chi connectivity index (χ0v) is 17.6. The van der Waals surface area contributed by atoms with Gasteiger partial charge in [0.1, 0.15) is 0 Å². The molecule has 3 aromatic rings. The number of carbonyl (C=O) groups is 1. The number of anilines is 1. The van der Waals surface area contributed by atoms with Crippen molar-refractivity contribution in [2.45, 2.75) is 23.8 Å². The van der Waals surface area contributed by atoms with Gasteiger partial charge in [0.2, 0.25) is 0 Å². The zero-order chi connectivity index (χ0) is 21.1. The lowest BCUT2D eigenvalue weighted by Gasteiger charge is -2.32. The van der Waals surface area contributed by atoms with E-state index in [1.165, 1.54) is 23.5 Å². The van der Waals surface area contributed by atoms with E-state index in [0.29, 0.717) is 30.4 Å². The van der Waals surface area contributed by atoms with Gasteiger partial charge in [-0.3, -0.25) is 9.10 Å². The number of hydrogen-bond donors (Lipinski definition) is 0. The van der Waals surface area contributed by atoms with E-state index in [1.54, 1.807) is 53.8 Å². The van der Waals surface area contributed by atoms with Crippen LogP contribution in [0.1, 0.15) is 29.2 Å². The molecule has 1 amide bonds. The molecule has 0 saturated carbocycles. The maximum Gasteiger partial charge on any atom is 0.264 e. The summed E-state index contributed by atoms with van der Waals surface area (Å²) in [7, 11) is -2.25. The third-order valence-corrected chi connectivity index (χ3v) is 7.34. The van der Waals surface area contributed by atoms with Gasteiger partial charge in [-0.2, -0.15) is 0 Å². The summed E-state index contributed by atoms with van der Waals surface area (Å²) in [6.45, 7) is 1.26. The van der Waals surface area contributed by atoms with Crippen molar-refractivity contribution in [3.63, 3.8) is 0 Å². The highest BCUT2D eigenvalue weighted by Crippen LogP contribution is 2.25. The highest BCUT2D eigenvalue weighted by molar-refractivity contribution is 7.92. The van der Waals surface area contributed by atoms with Crippen LogP contribution in [0.15, 0.2) is 78.2 Å². The standard InChI is InChI=1S/C22H24N4O3S/c1-24(19-7-3-2-4-8-19)30(28,29)21-9-5-6-18(16-21)22(27)25-13-10-20(11-14-25)26-15-12-23-17-26/h2-9,12,15-17,20H,10-11,13-14H2,1H3. The molecule has 7 nitrogen and oxygen atoms in total. The molecule has 8 heteroatoms. The summed E-state index contributed by atoms with van der Waals surface area (Å²) in [5.74, 6) is -0.140. The van der Waals surface area contributed by atoms with E-state index in [2.05, 4.69) is 9.55 Å². The van der Waals surface area contributed by atoms with Crippen LogP contribution in [0.4, 0.5) is 5.69 Å². The van der Waals surface area contributed by atoms with Gasteiger partial charge in [-0.05, 0) is 43.2 Å². The minimum Gasteiger partial charge on any atom is -0.338 e. The monoisotopic (exact) mass is 424 g/mol. The van der Waals surface area contributed by atoms with Gasteiger partial charge in [0, 0.05) is 44.1 Å². The number of likely N-dealkylation sites (tertiary alicyclic amines) is 1. The molecule has 2 aromatic carbocycles. The van der Waals surface area contributed by atoms with Crippen molar-refractivity contribution in [3.8, 4) is 0 Å². The molecule has 1 aliphatic rings. The number of para-hydroxylation sites is 1. The Morgan fingerprint density at radius 1 is 1.07 bits per heavy atom. The van der Waals surface area contributed by atoms with Crippen LogP contribution in [0.2, 0.25) is 0 Å². The molecule has 1 saturated heterocycles. The Hall–Kier alpha value is -3.13. The molecule has 4 rings (SSSR count). The van der Waals surface area contributed by atoms with Gasteiger partial charge in [0.05, 0.1) is 16.9 Å². The maximum absolute atomic E-state index is 13.1. The third kappa shape index (κ3) is 3.95. The van der Waals surface area contributed by atoms with Crippen LogP contribution in [0, 0.1) is 0 Å². The topological polar surface area (TPSA) is 75.5 Å². The van der Waals surface area contributed by atoms with E-state index in [4.69, 9.17) is 0 Å². The molecular formula is C22H24N4O3S. The van der Waals surface area contributed by atoms with Crippen molar-refractivity contribution in [2.24, 2.45) is 0 Å². The van der Waals surface area contributed by atoms with Crippen LogP contribution >= 0.6 is 0 Å². The number of hydrogen-bond acceptors (Lipinski definition) is 4. The molecule has 2 heterocycles. The predicted molar refractivity (Wildman–Crippen MR) is 115 cm³/mol. The summed E-state index contributed by atoms with van der Waals surface area (Å²) >= 11 is 0. The van der Waals surface area contributed by atoms with Gasteiger partial charge in [-0.1, -0.05) is 24.3 Å². The predicted octanol–water partition coefficient (Wildman–Crippen LogP) is 3.19. The smallest absolute Gasteiger partial charge is 0.264 e. The number of nitrogens with zero attached hydrogens (tertiary/aromatic N) is 4. The Morgan fingerprint density at radius 3 is 2.47 bits per heavy atom. The molecule has 0 N–H and O–H groups in total. The molecule has 156 valence electrons. The fraction of sp³-hybridized carbons (Fsp3) is 0.273. The quantitative estimate of drug-likeness (QED) is 0.630. The van der Waals surface area contributed by atoms with E-state index >= 15 is 0 Å². The first-order chi connectivity index (χ1) is 14.5. The molecule has 1 aliphatic heterocycles. The van der Waals surface area contributed by atoms with Crippen molar-refractivity contribution in [1.29, 1.82) is 0 Å². The van der Waals surface area contributed by atoms with E-state index in [0.717, 1.165) is 12.8 Å². The van der Waals surface area contributed by atoms with Gasteiger partial charge in [-0.15, -0.1) is 0 Å². The van der Waals surface area contributed by atoms with Gasteiger partial charge in [0.25, 0.3) is 15.9 Å². The molecule has 0 spiro atoms. The Balaban J connectivity index is 1.50. The highest BCUT2D eigenvalue weighted by Gasteiger charge is 2.26. The average molecular weight is 425 g/mol. The lowest BCUT2D eigenvalue weighted by Crippen LogP contribution is -2.39. The second-order valence-electron chi connectivity index (χ2n) is 7.37. The molecule has 1 fully saturated rings. The number of rotatable bonds is 5. The number of piperidine rings is 1. The zero-order valence-electron chi connectivity index (χ0n) is 16.8.